The summed E-state index contributed by atoms with van der Waals surface area (Å²) in [6.45, 7) is 0. The Morgan fingerprint density at radius 3 is 1.79 bits per heavy atom. The van der Waals surface area contributed by atoms with Crippen LogP contribution in [0.2, 0.25) is 0 Å². The second-order valence-electron chi connectivity index (χ2n) is 7.16. The van der Waals surface area contributed by atoms with E-state index in [2.05, 4.69) is 15.3 Å². The van der Waals surface area contributed by atoms with Crippen molar-refractivity contribution in [3.63, 3.8) is 0 Å². The Hall–Kier alpha value is -4.59. The summed E-state index contributed by atoms with van der Waals surface area (Å²) in [5.41, 5.74) is 2.75. The molecule has 0 atom stereocenters. The fourth-order valence-corrected chi connectivity index (χ4v) is 3.16. The highest BCUT2D eigenvalue weighted by atomic mass is 16.5. The molecular weight excluding hydrogens is 434 g/mol. The van der Waals surface area contributed by atoms with Crippen molar-refractivity contribution in [3.8, 4) is 40.1 Å². The van der Waals surface area contributed by atoms with Gasteiger partial charge in [0.2, 0.25) is 0 Å². The van der Waals surface area contributed by atoms with Gasteiger partial charge in [-0.25, -0.2) is 9.97 Å². The Bertz CT molecular complexity index is 1240. The van der Waals surface area contributed by atoms with Crippen LogP contribution in [0.4, 0.5) is 5.69 Å². The fourth-order valence-electron chi connectivity index (χ4n) is 3.16. The lowest BCUT2D eigenvalue weighted by Crippen LogP contribution is -2.12. The molecule has 0 aliphatic carbocycles. The number of ether oxygens (including phenoxy) is 4. The second kappa shape index (κ2) is 10.4. The summed E-state index contributed by atoms with van der Waals surface area (Å²) >= 11 is 0. The van der Waals surface area contributed by atoms with Crippen LogP contribution in [-0.2, 0) is 0 Å². The molecule has 0 bridgehead atoms. The summed E-state index contributed by atoms with van der Waals surface area (Å²) < 4.78 is 21.3. The molecule has 34 heavy (non-hydrogen) atoms. The third-order valence-electron chi connectivity index (χ3n) is 4.99. The van der Waals surface area contributed by atoms with Crippen LogP contribution >= 0.6 is 0 Å². The highest BCUT2D eigenvalue weighted by molar-refractivity contribution is 6.04. The van der Waals surface area contributed by atoms with Crippen molar-refractivity contribution >= 4 is 11.6 Å². The molecule has 8 heteroatoms. The first-order chi connectivity index (χ1) is 16.6. The Labute approximate surface area is 197 Å². The van der Waals surface area contributed by atoms with E-state index < -0.39 is 0 Å². The highest BCUT2D eigenvalue weighted by Gasteiger charge is 2.10. The number of nitrogens with zero attached hydrogens (tertiary/aromatic N) is 2. The van der Waals surface area contributed by atoms with Crippen molar-refractivity contribution in [2.24, 2.45) is 0 Å². The summed E-state index contributed by atoms with van der Waals surface area (Å²) in [4.78, 5) is 21.2. The molecule has 4 rings (SSSR count). The van der Waals surface area contributed by atoms with Crippen LogP contribution in [0.15, 0.2) is 79.1 Å². The van der Waals surface area contributed by atoms with Gasteiger partial charge in [-0.05, 0) is 42.0 Å². The van der Waals surface area contributed by atoms with Crippen LogP contribution in [0.5, 0.6) is 29.0 Å². The Morgan fingerprint density at radius 1 is 0.676 bits per heavy atom. The third kappa shape index (κ3) is 5.42. The molecular formula is C26H23N3O5. The first-order valence-electron chi connectivity index (χ1n) is 10.4. The number of anilines is 1. The maximum absolute atomic E-state index is 12.7. The van der Waals surface area contributed by atoms with Gasteiger partial charge in [-0.3, -0.25) is 4.79 Å². The maximum atomic E-state index is 12.7. The summed E-state index contributed by atoms with van der Waals surface area (Å²) in [5.74, 6) is 2.27. The molecule has 1 amide bonds. The second-order valence-corrected chi connectivity index (χ2v) is 7.16. The average molecular weight is 457 g/mol. The zero-order chi connectivity index (χ0) is 23.9. The van der Waals surface area contributed by atoms with Crippen molar-refractivity contribution in [3.05, 3.63) is 84.7 Å². The van der Waals surface area contributed by atoms with Gasteiger partial charge < -0.3 is 24.3 Å². The number of carbonyl (C=O) groups excluding carboxylic acids is 1. The zero-order valence-corrected chi connectivity index (χ0v) is 18.9. The van der Waals surface area contributed by atoms with Crippen molar-refractivity contribution < 1.29 is 23.7 Å². The smallest absolute Gasteiger partial charge is 0.321 e. The quantitative estimate of drug-likeness (QED) is 0.388. The van der Waals surface area contributed by atoms with Crippen molar-refractivity contribution in [1.29, 1.82) is 0 Å². The minimum Gasteiger partial charge on any atom is -0.497 e. The third-order valence-corrected chi connectivity index (χ3v) is 4.99. The van der Waals surface area contributed by atoms with E-state index >= 15 is 0 Å². The monoisotopic (exact) mass is 457 g/mol. The standard InChI is InChI=1S/C26H23N3O5/c1-31-21-8-10-22(11-9-21)34-26-27-15-19(16-28-26)17-4-6-18(7-5-17)25(30)29-20-12-23(32-2)14-24(13-20)33-3/h4-16H,1-3H3,(H,29,30). The van der Waals surface area contributed by atoms with Gasteiger partial charge >= 0.3 is 6.01 Å². The molecule has 172 valence electrons. The summed E-state index contributed by atoms with van der Waals surface area (Å²) in [6, 6.07) is 19.7. The van der Waals surface area contributed by atoms with Gasteiger partial charge in [-0.15, -0.1) is 0 Å². The van der Waals surface area contributed by atoms with Crippen LogP contribution in [0.25, 0.3) is 11.1 Å². The fraction of sp³-hybridized carbons (Fsp3) is 0.115. The number of carbonyl (C=O) groups is 1. The van der Waals surface area contributed by atoms with E-state index in [9.17, 15) is 4.79 Å². The molecule has 1 aromatic heterocycles. The highest BCUT2D eigenvalue weighted by Crippen LogP contribution is 2.27. The normalized spacial score (nSPS) is 10.3. The van der Waals surface area contributed by atoms with E-state index in [0.29, 0.717) is 28.5 Å². The summed E-state index contributed by atoms with van der Waals surface area (Å²) in [6.07, 6.45) is 3.34. The number of nitrogens with one attached hydrogen (secondary N) is 1. The largest absolute Gasteiger partial charge is 0.497 e. The molecule has 3 aromatic carbocycles. The van der Waals surface area contributed by atoms with Gasteiger partial charge in [0.05, 0.1) is 21.3 Å². The number of amides is 1. The van der Waals surface area contributed by atoms with Crippen molar-refractivity contribution in [1.82, 2.24) is 9.97 Å². The number of hydrogen-bond acceptors (Lipinski definition) is 7. The van der Waals surface area contributed by atoms with Crippen LogP contribution in [-0.4, -0.2) is 37.2 Å². The Kier molecular flexibility index (Phi) is 6.88. The van der Waals surface area contributed by atoms with Crippen molar-refractivity contribution in [2.75, 3.05) is 26.6 Å². The topological polar surface area (TPSA) is 91.8 Å². The Morgan fingerprint density at radius 2 is 1.24 bits per heavy atom. The van der Waals surface area contributed by atoms with Gasteiger partial charge in [0.25, 0.3) is 5.91 Å². The Balaban J connectivity index is 1.42. The summed E-state index contributed by atoms with van der Waals surface area (Å²) in [7, 11) is 4.72. The van der Waals surface area contributed by atoms with E-state index in [0.717, 1.165) is 16.9 Å². The average Bonchev–Trinajstić information content (AvgIpc) is 2.89. The molecule has 1 N–H and O–H groups in total. The molecule has 0 unspecified atom stereocenters. The molecule has 8 nitrogen and oxygen atoms in total. The maximum Gasteiger partial charge on any atom is 0.321 e. The lowest BCUT2D eigenvalue weighted by atomic mass is 10.1. The molecule has 1 heterocycles. The first kappa shape index (κ1) is 22.6. The van der Waals surface area contributed by atoms with Gasteiger partial charge in [-0.1, -0.05) is 12.1 Å². The van der Waals surface area contributed by atoms with Crippen LogP contribution in [0, 0.1) is 0 Å². The number of aromatic nitrogens is 2. The van der Waals surface area contributed by atoms with Crippen LogP contribution < -0.4 is 24.3 Å². The molecule has 0 spiro atoms. The van der Waals surface area contributed by atoms with Gasteiger partial charge in [0, 0.05) is 47.4 Å². The van der Waals surface area contributed by atoms with Crippen molar-refractivity contribution in [2.45, 2.75) is 0 Å². The minimum atomic E-state index is -0.249. The number of rotatable bonds is 8. The van der Waals surface area contributed by atoms with E-state index in [1.807, 2.05) is 12.1 Å². The lowest BCUT2D eigenvalue weighted by Gasteiger charge is -2.10. The van der Waals surface area contributed by atoms with Gasteiger partial charge in [0.1, 0.15) is 23.0 Å². The number of methoxy groups -OCH3 is 3. The molecule has 0 aliphatic rings. The molecule has 0 radical (unpaired) electrons. The molecule has 0 saturated heterocycles. The van der Waals surface area contributed by atoms with Gasteiger partial charge in [0.15, 0.2) is 0 Å². The number of hydrogen-bond donors (Lipinski definition) is 1. The number of benzene rings is 3. The van der Waals surface area contributed by atoms with E-state index in [-0.39, 0.29) is 11.9 Å². The molecule has 0 fully saturated rings. The zero-order valence-electron chi connectivity index (χ0n) is 18.9. The molecule has 0 saturated carbocycles. The SMILES string of the molecule is COc1ccc(Oc2ncc(-c3ccc(C(=O)Nc4cc(OC)cc(OC)c4)cc3)cn2)cc1. The predicted octanol–water partition coefficient (Wildman–Crippen LogP) is 5.21. The minimum absolute atomic E-state index is 0.235. The van der Waals surface area contributed by atoms with E-state index in [4.69, 9.17) is 18.9 Å². The molecule has 4 aromatic rings. The van der Waals surface area contributed by atoms with E-state index in [1.54, 1.807) is 88.3 Å². The van der Waals surface area contributed by atoms with Gasteiger partial charge in [-0.2, -0.15) is 0 Å². The van der Waals surface area contributed by atoms with Crippen LogP contribution in [0.3, 0.4) is 0 Å². The summed E-state index contributed by atoms with van der Waals surface area (Å²) in [5, 5.41) is 2.86. The first-order valence-corrected chi connectivity index (χ1v) is 10.4. The lowest BCUT2D eigenvalue weighted by molar-refractivity contribution is 0.102. The predicted molar refractivity (Wildman–Crippen MR) is 128 cm³/mol. The molecule has 0 aliphatic heterocycles. The van der Waals surface area contributed by atoms with E-state index in [1.165, 1.54) is 0 Å². The van der Waals surface area contributed by atoms with Crippen LogP contribution in [0.1, 0.15) is 10.4 Å².